The molecule has 1 saturated heterocycles. The van der Waals surface area contributed by atoms with Gasteiger partial charge in [0, 0.05) is 31.0 Å². The predicted molar refractivity (Wildman–Crippen MR) is 146 cm³/mol. The molecule has 7 nitrogen and oxygen atoms in total. The van der Waals surface area contributed by atoms with Crippen LogP contribution < -0.4 is 16.4 Å². The van der Waals surface area contributed by atoms with Crippen LogP contribution in [0.1, 0.15) is 53.7 Å². The maximum atomic E-state index is 12.1. The molecule has 1 aromatic heterocycles. The van der Waals surface area contributed by atoms with E-state index in [4.69, 9.17) is 10.5 Å². The third-order valence-electron chi connectivity index (χ3n) is 6.52. The zero-order valence-electron chi connectivity index (χ0n) is 21.1. The summed E-state index contributed by atoms with van der Waals surface area (Å²) in [6, 6.07) is 20.6. The highest BCUT2D eigenvalue weighted by Gasteiger charge is 2.16. The average Bonchev–Trinajstić information content (AvgIpc) is 2.90. The van der Waals surface area contributed by atoms with Gasteiger partial charge in [0.1, 0.15) is 5.82 Å². The number of hydrogen-bond acceptors (Lipinski definition) is 6. The molecule has 0 saturated carbocycles. The third kappa shape index (κ3) is 7.29. The number of aromatic nitrogens is 1. The molecule has 1 atom stereocenters. The fourth-order valence-corrected chi connectivity index (χ4v) is 4.61. The molecule has 1 amide bonds. The van der Waals surface area contributed by atoms with Crippen LogP contribution in [0.4, 0.5) is 17.2 Å². The Morgan fingerprint density at radius 1 is 1.11 bits per heavy atom. The average molecular weight is 488 g/mol. The molecule has 190 valence electrons. The van der Waals surface area contributed by atoms with Crippen LogP contribution in [-0.4, -0.2) is 48.6 Å². The van der Waals surface area contributed by atoms with Crippen LogP contribution >= 0.6 is 0 Å². The van der Waals surface area contributed by atoms with Gasteiger partial charge in [0.15, 0.2) is 0 Å². The molecule has 1 unspecified atom stereocenters. The van der Waals surface area contributed by atoms with Crippen molar-refractivity contribution >= 4 is 23.1 Å². The minimum absolute atomic E-state index is 0.0688. The number of nitrogens with zero attached hydrogens (tertiary/aromatic N) is 2. The highest BCUT2D eigenvalue weighted by molar-refractivity contribution is 5.98. The summed E-state index contributed by atoms with van der Waals surface area (Å²) in [5.41, 5.74) is 10.2. The number of benzene rings is 2. The maximum absolute atomic E-state index is 12.1. The molecule has 3 aromatic rings. The highest BCUT2D eigenvalue weighted by atomic mass is 16.5. The largest absolute Gasteiger partial charge is 0.379 e. The first kappa shape index (κ1) is 25.7. The Morgan fingerprint density at radius 3 is 2.67 bits per heavy atom. The lowest BCUT2D eigenvalue weighted by Crippen LogP contribution is -2.36. The van der Waals surface area contributed by atoms with Crippen molar-refractivity contribution in [1.82, 2.24) is 9.88 Å². The molecule has 0 bridgehead atoms. The fourth-order valence-electron chi connectivity index (χ4n) is 4.61. The molecule has 0 radical (unpaired) electrons. The summed E-state index contributed by atoms with van der Waals surface area (Å²) < 4.78 is 5.44. The van der Waals surface area contributed by atoms with E-state index in [0.29, 0.717) is 17.1 Å². The molecule has 4 rings (SSSR count). The van der Waals surface area contributed by atoms with E-state index >= 15 is 0 Å². The van der Waals surface area contributed by atoms with Crippen LogP contribution in [0.15, 0.2) is 66.9 Å². The second-order valence-corrected chi connectivity index (χ2v) is 9.26. The first-order valence-corrected chi connectivity index (χ1v) is 12.9. The number of ether oxygens (including phenoxy) is 1. The Bertz CT molecular complexity index is 1120. The standard InChI is InChI=1S/C29H37N5O2/c1-2-8-26(23-11-4-3-5-12-23)33-27-20-28(31-21-25(27)29(30)35)32-24-13-6-9-22(19-24)10-7-14-34-15-17-36-18-16-34/h3-6,9,11-13,19-21,26H,2,7-8,10,14-18H2,1H3,(H2,30,35)(H2,31,32,33). The lowest BCUT2D eigenvalue weighted by molar-refractivity contribution is 0.0375. The second-order valence-electron chi connectivity index (χ2n) is 9.26. The fraction of sp³-hybridized carbons (Fsp3) is 0.379. The molecule has 2 heterocycles. The molecule has 0 spiro atoms. The van der Waals surface area contributed by atoms with Gasteiger partial charge < -0.3 is 21.1 Å². The van der Waals surface area contributed by atoms with Crippen molar-refractivity contribution in [3.63, 3.8) is 0 Å². The summed E-state index contributed by atoms with van der Waals surface area (Å²) in [5, 5.41) is 6.95. The van der Waals surface area contributed by atoms with Crippen LogP contribution in [0.2, 0.25) is 0 Å². The second kappa shape index (κ2) is 13.0. The predicted octanol–water partition coefficient (Wildman–Crippen LogP) is 5.14. The van der Waals surface area contributed by atoms with E-state index in [1.54, 1.807) is 6.20 Å². The van der Waals surface area contributed by atoms with Crippen LogP contribution in [0, 0.1) is 0 Å². The number of nitrogens with two attached hydrogens (primary N) is 1. The van der Waals surface area contributed by atoms with E-state index in [1.165, 1.54) is 11.1 Å². The zero-order valence-corrected chi connectivity index (χ0v) is 21.1. The van der Waals surface area contributed by atoms with Gasteiger partial charge in [-0.1, -0.05) is 55.8 Å². The Labute approximate surface area is 214 Å². The molecule has 7 heteroatoms. The topological polar surface area (TPSA) is 92.5 Å². The normalized spacial score (nSPS) is 14.8. The molecule has 1 fully saturated rings. The minimum atomic E-state index is -0.498. The van der Waals surface area contributed by atoms with Crippen LogP contribution in [-0.2, 0) is 11.2 Å². The van der Waals surface area contributed by atoms with Gasteiger partial charge in [0.2, 0.25) is 0 Å². The number of aryl methyl sites for hydroxylation is 1. The van der Waals surface area contributed by atoms with Crippen molar-refractivity contribution in [1.29, 1.82) is 0 Å². The number of nitrogens with one attached hydrogen (secondary N) is 2. The Morgan fingerprint density at radius 2 is 1.92 bits per heavy atom. The third-order valence-corrected chi connectivity index (χ3v) is 6.52. The SMILES string of the molecule is CCCC(Nc1cc(Nc2cccc(CCCN3CCOCC3)c2)ncc1C(N)=O)c1ccccc1. The summed E-state index contributed by atoms with van der Waals surface area (Å²) in [6.45, 7) is 6.96. The minimum Gasteiger partial charge on any atom is -0.379 e. The maximum Gasteiger partial charge on any atom is 0.252 e. The highest BCUT2D eigenvalue weighted by Crippen LogP contribution is 2.28. The van der Waals surface area contributed by atoms with E-state index in [-0.39, 0.29) is 6.04 Å². The Balaban J connectivity index is 1.45. The molecule has 4 N–H and O–H groups in total. The number of rotatable bonds is 12. The number of pyridine rings is 1. The number of primary amides is 1. The number of amides is 1. The Kier molecular flexibility index (Phi) is 9.30. The van der Waals surface area contributed by atoms with Crippen LogP contribution in [0.25, 0.3) is 0 Å². The summed E-state index contributed by atoms with van der Waals surface area (Å²) in [5.74, 6) is 0.165. The summed E-state index contributed by atoms with van der Waals surface area (Å²) in [4.78, 5) is 19.1. The van der Waals surface area contributed by atoms with Gasteiger partial charge in [-0.05, 0) is 49.1 Å². The smallest absolute Gasteiger partial charge is 0.252 e. The van der Waals surface area contributed by atoms with E-state index in [1.807, 2.05) is 30.3 Å². The van der Waals surface area contributed by atoms with E-state index in [2.05, 4.69) is 57.8 Å². The summed E-state index contributed by atoms with van der Waals surface area (Å²) in [7, 11) is 0. The van der Waals surface area contributed by atoms with Gasteiger partial charge in [-0.2, -0.15) is 0 Å². The number of morpholine rings is 1. The number of carbonyl (C=O) groups excluding carboxylic acids is 1. The van der Waals surface area contributed by atoms with Gasteiger partial charge in [0.25, 0.3) is 5.91 Å². The molecule has 36 heavy (non-hydrogen) atoms. The summed E-state index contributed by atoms with van der Waals surface area (Å²) in [6.07, 6.45) is 5.62. The van der Waals surface area contributed by atoms with Crippen LogP contribution in [0.3, 0.4) is 0 Å². The van der Waals surface area contributed by atoms with Gasteiger partial charge in [-0.15, -0.1) is 0 Å². The number of hydrogen-bond donors (Lipinski definition) is 3. The lowest BCUT2D eigenvalue weighted by Gasteiger charge is -2.26. The summed E-state index contributed by atoms with van der Waals surface area (Å²) >= 11 is 0. The van der Waals surface area contributed by atoms with Crippen molar-refractivity contribution in [3.05, 3.63) is 83.6 Å². The van der Waals surface area contributed by atoms with Crippen molar-refractivity contribution < 1.29 is 9.53 Å². The molecule has 0 aliphatic carbocycles. The molecule has 2 aromatic carbocycles. The van der Waals surface area contributed by atoms with Crippen molar-refractivity contribution in [2.24, 2.45) is 5.73 Å². The van der Waals surface area contributed by atoms with E-state index in [9.17, 15) is 4.79 Å². The van der Waals surface area contributed by atoms with Crippen molar-refractivity contribution in [2.45, 2.75) is 38.6 Å². The first-order chi connectivity index (χ1) is 17.6. The van der Waals surface area contributed by atoms with E-state index in [0.717, 1.165) is 64.2 Å². The van der Waals surface area contributed by atoms with Crippen molar-refractivity contribution in [3.8, 4) is 0 Å². The Hall–Kier alpha value is -3.42. The van der Waals surface area contributed by atoms with Gasteiger partial charge in [-0.3, -0.25) is 9.69 Å². The van der Waals surface area contributed by atoms with Crippen molar-refractivity contribution in [2.75, 3.05) is 43.5 Å². The number of anilines is 3. The monoisotopic (exact) mass is 487 g/mol. The van der Waals surface area contributed by atoms with E-state index < -0.39 is 5.91 Å². The molecular weight excluding hydrogens is 450 g/mol. The molecule has 1 aliphatic rings. The lowest BCUT2D eigenvalue weighted by atomic mass is 10.0. The van der Waals surface area contributed by atoms with Gasteiger partial charge in [-0.25, -0.2) is 4.98 Å². The number of carbonyl (C=O) groups is 1. The van der Waals surface area contributed by atoms with Crippen LogP contribution in [0.5, 0.6) is 0 Å². The first-order valence-electron chi connectivity index (χ1n) is 12.9. The zero-order chi connectivity index (χ0) is 25.2. The quantitative estimate of drug-likeness (QED) is 0.328. The van der Waals surface area contributed by atoms with Gasteiger partial charge in [0.05, 0.1) is 30.5 Å². The molecule has 1 aliphatic heterocycles. The molecular formula is C29H37N5O2. The van der Waals surface area contributed by atoms with Gasteiger partial charge >= 0.3 is 0 Å².